The summed E-state index contributed by atoms with van der Waals surface area (Å²) in [7, 11) is -0.381. The van der Waals surface area contributed by atoms with E-state index in [1.807, 2.05) is 16.5 Å². The second kappa shape index (κ2) is 10.1. The second-order valence-corrected chi connectivity index (χ2v) is 14.2. The Labute approximate surface area is 247 Å². The van der Waals surface area contributed by atoms with Crippen LogP contribution in [0.25, 0.3) is 0 Å². The maximum absolute atomic E-state index is 15.7. The highest BCUT2D eigenvalue weighted by atomic mass is 79.9. The zero-order valence-corrected chi connectivity index (χ0v) is 25.9. The summed E-state index contributed by atoms with van der Waals surface area (Å²) in [4.78, 5) is 25.1. The summed E-state index contributed by atoms with van der Waals surface area (Å²) in [6, 6.07) is 3.58. The van der Waals surface area contributed by atoms with Crippen LogP contribution in [0.15, 0.2) is 21.8 Å². The lowest BCUT2D eigenvalue weighted by Crippen LogP contribution is -2.42. The van der Waals surface area contributed by atoms with Crippen molar-refractivity contribution >= 4 is 37.5 Å². The van der Waals surface area contributed by atoms with Crippen LogP contribution in [0.2, 0.25) is 0 Å². The van der Waals surface area contributed by atoms with Crippen molar-refractivity contribution in [2.75, 3.05) is 31.8 Å². The molecule has 4 heterocycles. The fourth-order valence-electron chi connectivity index (χ4n) is 6.31. The number of ether oxygens (including phenoxy) is 1. The van der Waals surface area contributed by atoms with E-state index in [0.29, 0.717) is 65.3 Å². The number of nitrogens with zero attached hydrogens (tertiary/aromatic N) is 6. The van der Waals surface area contributed by atoms with Crippen molar-refractivity contribution in [3.05, 3.63) is 61.8 Å². The van der Waals surface area contributed by atoms with E-state index in [-0.39, 0.29) is 29.9 Å². The molecule has 1 amide bonds. The SMILES string of the molecule is Cc1cc(Br)c(F)c2c1CCCC21Cc2nc(S(C)(=O)=O)nc(N3CCCn4nc(C(=O)N(C)C)cc4C3)c2CO1. The van der Waals surface area contributed by atoms with Crippen molar-refractivity contribution in [2.24, 2.45) is 0 Å². The molecule has 1 spiro atoms. The van der Waals surface area contributed by atoms with Crippen LogP contribution in [0.1, 0.15) is 63.4 Å². The Morgan fingerprint density at radius 3 is 2.68 bits per heavy atom. The molecule has 0 radical (unpaired) electrons. The number of halogens is 2. The number of carbonyl (C=O) groups excluding carboxylic acids is 1. The monoisotopic (exact) mass is 646 g/mol. The van der Waals surface area contributed by atoms with Crippen molar-refractivity contribution in [1.82, 2.24) is 24.6 Å². The molecule has 3 aromatic rings. The van der Waals surface area contributed by atoms with Gasteiger partial charge in [0.05, 0.1) is 29.0 Å². The van der Waals surface area contributed by atoms with Gasteiger partial charge in [-0.05, 0) is 71.8 Å². The molecule has 10 nitrogen and oxygen atoms in total. The van der Waals surface area contributed by atoms with Crippen LogP contribution in [0.3, 0.4) is 0 Å². The number of aromatic nitrogens is 4. The summed E-state index contributed by atoms with van der Waals surface area (Å²) in [6.07, 6.45) is 4.24. The van der Waals surface area contributed by atoms with Gasteiger partial charge < -0.3 is 14.5 Å². The number of aryl methyl sites for hydroxylation is 2. The van der Waals surface area contributed by atoms with Gasteiger partial charge in [0.15, 0.2) is 5.69 Å². The molecule has 0 saturated carbocycles. The smallest absolute Gasteiger partial charge is 0.273 e. The minimum Gasteiger partial charge on any atom is -0.365 e. The summed E-state index contributed by atoms with van der Waals surface area (Å²) >= 11 is 3.37. The first kappa shape index (κ1) is 28.2. The number of anilines is 1. The van der Waals surface area contributed by atoms with Gasteiger partial charge in [-0.1, -0.05) is 0 Å². The van der Waals surface area contributed by atoms with Crippen molar-refractivity contribution in [3.8, 4) is 0 Å². The van der Waals surface area contributed by atoms with Crippen LogP contribution in [0.4, 0.5) is 10.2 Å². The van der Waals surface area contributed by atoms with E-state index in [0.717, 1.165) is 35.9 Å². The Morgan fingerprint density at radius 2 is 1.95 bits per heavy atom. The van der Waals surface area contributed by atoms with Gasteiger partial charge in [-0.2, -0.15) is 5.10 Å². The van der Waals surface area contributed by atoms with Crippen LogP contribution in [0.5, 0.6) is 0 Å². The van der Waals surface area contributed by atoms with Crippen molar-refractivity contribution in [2.45, 2.75) is 69.5 Å². The van der Waals surface area contributed by atoms with Gasteiger partial charge in [-0.15, -0.1) is 0 Å². The third-order valence-corrected chi connectivity index (χ3v) is 9.70. The zero-order chi connectivity index (χ0) is 29.3. The first-order valence-corrected chi connectivity index (χ1v) is 16.3. The topological polar surface area (TPSA) is 111 Å². The number of benzene rings is 1. The third kappa shape index (κ3) is 4.85. The highest BCUT2D eigenvalue weighted by Gasteiger charge is 2.46. The number of hydrogen-bond acceptors (Lipinski definition) is 8. The first-order valence-electron chi connectivity index (χ1n) is 13.6. The molecule has 1 unspecified atom stereocenters. The number of sulfone groups is 1. The van der Waals surface area contributed by atoms with Crippen molar-refractivity contribution < 1.29 is 22.3 Å². The molecule has 3 aliphatic rings. The fraction of sp³-hybridized carbons (Fsp3) is 0.500. The second-order valence-electron chi connectivity index (χ2n) is 11.4. The Morgan fingerprint density at radius 1 is 1.17 bits per heavy atom. The summed E-state index contributed by atoms with van der Waals surface area (Å²) in [5, 5.41) is 4.25. The lowest BCUT2D eigenvalue weighted by Gasteiger charge is -2.43. The number of carbonyl (C=O) groups is 1. The number of fused-ring (bicyclic) bond motifs is 4. The van der Waals surface area contributed by atoms with Gasteiger partial charge >= 0.3 is 0 Å². The largest absolute Gasteiger partial charge is 0.365 e. The van der Waals surface area contributed by atoms with Gasteiger partial charge in [0.2, 0.25) is 15.0 Å². The average Bonchev–Trinajstić information content (AvgIpc) is 3.21. The molecule has 0 bridgehead atoms. The molecule has 41 heavy (non-hydrogen) atoms. The molecule has 1 atom stereocenters. The van der Waals surface area contributed by atoms with Gasteiger partial charge in [-0.25, -0.2) is 22.8 Å². The minimum absolute atomic E-state index is 0.124. The van der Waals surface area contributed by atoms with Gasteiger partial charge in [0.1, 0.15) is 17.2 Å². The highest BCUT2D eigenvalue weighted by Crippen LogP contribution is 2.48. The van der Waals surface area contributed by atoms with Crippen LogP contribution in [-0.2, 0) is 52.7 Å². The molecule has 2 aliphatic heterocycles. The zero-order valence-electron chi connectivity index (χ0n) is 23.5. The van der Waals surface area contributed by atoms with E-state index in [1.165, 1.54) is 4.90 Å². The van der Waals surface area contributed by atoms with E-state index in [4.69, 9.17) is 4.74 Å². The average molecular weight is 648 g/mol. The van der Waals surface area contributed by atoms with Gasteiger partial charge in [-0.3, -0.25) is 9.48 Å². The molecule has 0 saturated heterocycles. The number of hydrogen-bond donors (Lipinski definition) is 0. The molecular weight excluding hydrogens is 615 g/mol. The Balaban J connectivity index is 1.44. The molecule has 2 aromatic heterocycles. The minimum atomic E-state index is -3.75. The van der Waals surface area contributed by atoms with Crippen LogP contribution >= 0.6 is 15.9 Å². The Hall–Kier alpha value is -2.90. The van der Waals surface area contributed by atoms with Crippen LogP contribution in [-0.4, -0.2) is 65.9 Å². The van der Waals surface area contributed by atoms with E-state index < -0.39 is 15.4 Å². The van der Waals surface area contributed by atoms with Gasteiger partial charge in [0, 0.05) is 51.0 Å². The van der Waals surface area contributed by atoms with Gasteiger partial charge in [0.25, 0.3) is 5.91 Å². The maximum Gasteiger partial charge on any atom is 0.273 e. The normalized spacial score (nSPS) is 20.3. The Kier molecular flexibility index (Phi) is 6.97. The Bertz CT molecular complexity index is 1690. The molecule has 218 valence electrons. The first-order chi connectivity index (χ1) is 19.4. The molecule has 6 rings (SSSR count). The summed E-state index contributed by atoms with van der Waals surface area (Å²) in [5.74, 6) is -0.0333. The lowest BCUT2D eigenvalue weighted by molar-refractivity contribution is -0.0879. The summed E-state index contributed by atoms with van der Waals surface area (Å²) in [6.45, 7) is 3.70. The molecule has 13 heteroatoms. The standard InChI is InChI=1S/C28H32BrFN6O4S/c1-16-11-20(29)24(30)23-18(16)7-5-8-28(23)13-22-19(15-40-28)25(32-27(31-22)41(4,38)39)35-9-6-10-36-17(14-35)12-21(33-36)26(37)34(2)3/h11-12H,5-10,13-15H2,1-4H3. The molecular formula is C28H32BrFN6O4S. The lowest BCUT2D eigenvalue weighted by atomic mass is 9.73. The van der Waals surface area contributed by atoms with E-state index in [1.54, 1.807) is 26.2 Å². The molecule has 0 N–H and O–H groups in total. The van der Waals surface area contributed by atoms with E-state index in [2.05, 4.69) is 31.0 Å². The maximum atomic E-state index is 15.7. The molecule has 1 aromatic carbocycles. The van der Waals surface area contributed by atoms with Crippen molar-refractivity contribution in [1.29, 1.82) is 0 Å². The predicted molar refractivity (Wildman–Crippen MR) is 153 cm³/mol. The van der Waals surface area contributed by atoms with Crippen LogP contribution in [0, 0.1) is 12.7 Å². The number of amides is 1. The summed E-state index contributed by atoms with van der Waals surface area (Å²) < 4.78 is 50.1. The van der Waals surface area contributed by atoms with E-state index in [9.17, 15) is 13.2 Å². The van der Waals surface area contributed by atoms with Crippen molar-refractivity contribution in [3.63, 3.8) is 0 Å². The summed E-state index contributed by atoms with van der Waals surface area (Å²) in [5.41, 5.74) is 4.00. The van der Waals surface area contributed by atoms with Crippen LogP contribution < -0.4 is 4.90 Å². The van der Waals surface area contributed by atoms with E-state index >= 15 is 4.39 Å². The highest BCUT2D eigenvalue weighted by molar-refractivity contribution is 9.10. The molecule has 1 aliphatic carbocycles. The quantitative estimate of drug-likeness (QED) is 0.396. The molecule has 0 fully saturated rings. The predicted octanol–water partition coefficient (Wildman–Crippen LogP) is 3.70. The third-order valence-electron chi connectivity index (χ3n) is 8.28. The number of rotatable bonds is 3. The fourth-order valence-corrected chi connectivity index (χ4v) is 7.38.